The smallest absolute Gasteiger partial charge is 0.250 e. The monoisotopic (exact) mass is 340 g/mol. The van der Waals surface area contributed by atoms with E-state index in [0.717, 1.165) is 3.57 Å². The second kappa shape index (κ2) is 4.04. The summed E-state index contributed by atoms with van der Waals surface area (Å²) in [6, 6.07) is 3.57. The van der Waals surface area contributed by atoms with Gasteiger partial charge in [-0.3, -0.25) is 0 Å². The molecule has 0 aliphatic carbocycles. The summed E-state index contributed by atoms with van der Waals surface area (Å²) in [6.45, 7) is 0. The Bertz CT molecular complexity index is 435. The molecule has 0 aliphatic rings. The third kappa shape index (κ3) is 1.87. The van der Waals surface area contributed by atoms with Gasteiger partial charge in [-0.2, -0.15) is 0 Å². The van der Waals surface area contributed by atoms with Gasteiger partial charge in [-0.15, -0.1) is 10.2 Å². The number of benzene rings is 1. The molecule has 3 nitrogen and oxygen atoms in total. The first-order valence-corrected chi connectivity index (χ1v) is 5.43. The van der Waals surface area contributed by atoms with Crippen molar-refractivity contribution in [3.63, 3.8) is 0 Å². The molecular formula is C8H3Cl2IN2O. The molecule has 0 radical (unpaired) electrons. The fourth-order valence-electron chi connectivity index (χ4n) is 1.03. The van der Waals surface area contributed by atoms with Crippen LogP contribution in [0.5, 0.6) is 0 Å². The molecule has 72 valence electrons. The van der Waals surface area contributed by atoms with Crippen molar-refractivity contribution in [3.8, 4) is 11.5 Å². The molecule has 6 heteroatoms. The molecule has 0 unspecified atom stereocenters. The van der Waals surface area contributed by atoms with Crippen LogP contribution in [0.4, 0.5) is 0 Å². The molecule has 1 heterocycles. The number of hydrogen-bond acceptors (Lipinski definition) is 3. The van der Waals surface area contributed by atoms with Crippen LogP contribution in [0.3, 0.4) is 0 Å². The first-order valence-electron chi connectivity index (χ1n) is 3.59. The van der Waals surface area contributed by atoms with Crippen LogP contribution in [0.25, 0.3) is 11.5 Å². The lowest BCUT2D eigenvalue weighted by atomic mass is 10.2. The molecule has 0 fully saturated rings. The number of aromatic nitrogens is 2. The van der Waals surface area contributed by atoms with Crippen molar-refractivity contribution in [1.29, 1.82) is 0 Å². The Morgan fingerprint density at radius 2 is 1.86 bits per heavy atom. The SMILES string of the molecule is Clc1cc(I)cc(Cl)c1-c1nnco1. The standard InChI is InChI=1S/C8H3Cl2IN2O/c9-5-1-4(11)2-6(10)7(5)8-13-12-3-14-8/h1-3H. The molecule has 14 heavy (non-hydrogen) atoms. The zero-order valence-electron chi connectivity index (χ0n) is 6.67. The molecule has 0 spiro atoms. The molecule has 0 atom stereocenters. The average molecular weight is 341 g/mol. The van der Waals surface area contributed by atoms with Gasteiger partial charge >= 0.3 is 0 Å². The molecule has 0 aliphatic heterocycles. The molecular weight excluding hydrogens is 338 g/mol. The minimum Gasteiger partial charge on any atom is -0.423 e. The van der Waals surface area contributed by atoms with Gasteiger partial charge in [0.15, 0.2) is 0 Å². The van der Waals surface area contributed by atoms with Gasteiger partial charge in [-0.25, -0.2) is 0 Å². The molecule has 0 saturated carbocycles. The van der Waals surface area contributed by atoms with Gasteiger partial charge in [-0.05, 0) is 34.7 Å². The lowest BCUT2D eigenvalue weighted by molar-refractivity contribution is 0.568. The van der Waals surface area contributed by atoms with Crippen molar-refractivity contribution in [2.75, 3.05) is 0 Å². The van der Waals surface area contributed by atoms with Crippen molar-refractivity contribution in [1.82, 2.24) is 10.2 Å². The molecule has 0 bridgehead atoms. The summed E-state index contributed by atoms with van der Waals surface area (Å²) in [5.41, 5.74) is 0.575. The highest BCUT2D eigenvalue weighted by molar-refractivity contribution is 14.1. The van der Waals surface area contributed by atoms with Crippen LogP contribution in [0.15, 0.2) is 22.9 Å². The molecule has 0 N–H and O–H groups in total. The van der Waals surface area contributed by atoms with E-state index in [2.05, 4.69) is 32.8 Å². The summed E-state index contributed by atoms with van der Waals surface area (Å²) in [7, 11) is 0. The van der Waals surface area contributed by atoms with Gasteiger partial charge in [-0.1, -0.05) is 23.2 Å². The number of halogens is 3. The van der Waals surface area contributed by atoms with Crippen molar-refractivity contribution < 1.29 is 4.42 Å². The Labute approximate surface area is 104 Å². The fourth-order valence-corrected chi connectivity index (χ4v) is 2.67. The van der Waals surface area contributed by atoms with Gasteiger partial charge < -0.3 is 4.42 Å². The minimum atomic E-state index is 0.330. The Hall–Kier alpha value is -0.330. The van der Waals surface area contributed by atoms with E-state index in [1.165, 1.54) is 6.39 Å². The van der Waals surface area contributed by atoms with Crippen molar-refractivity contribution in [3.05, 3.63) is 32.1 Å². The second-order valence-electron chi connectivity index (χ2n) is 2.49. The summed E-state index contributed by atoms with van der Waals surface area (Å²) < 4.78 is 5.99. The summed E-state index contributed by atoms with van der Waals surface area (Å²) in [5, 5.41) is 8.33. The Balaban J connectivity index is 2.64. The van der Waals surface area contributed by atoms with Crippen molar-refractivity contribution in [2.45, 2.75) is 0 Å². The molecule has 0 saturated heterocycles. The van der Waals surface area contributed by atoms with Crippen molar-refractivity contribution >= 4 is 45.8 Å². The van der Waals surface area contributed by atoms with Crippen LogP contribution in [0, 0.1) is 3.57 Å². The van der Waals surface area contributed by atoms with E-state index in [1.807, 2.05) is 0 Å². The predicted molar refractivity (Wildman–Crippen MR) is 62.5 cm³/mol. The van der Waals surface area contributed by atoms with Gasteiger partial charge in [0.1, 0.15) is 0 Å². The lowest BCUT2D eigenvalue weighted by Crippen LogP contribution is -1.84. The topological polar surface area (TPSA) is 38.9 Å². The van der Waals surface area contributed by atoms with Crippen LogP contribution in [0.2, 0.25) is 10.0 Å². The molecule has 1 aromatic carbocycles. The average Bonchev–Trinajstić information content (AvgIpc) is 2.54. The van der Waals surface area contributed by atoms with E-state index in [9.17, 15) is 0 Å². The molecule has 2 rings (SSSR count). The van der Waals surface area contributed by atoms with Crippen LogP contribution < -0.4 is 0 Å². The largest absolute Gasteiger partial charge is 0.423 e. The van der Waals surface area contributed by atoms with Crippen LogP contribution in [-0.4, -0.2) is 10.2 Å². The van der Waals surface area contributed by atoms with E-state index in [4.69, 9.17) is 27.6 Å². The quantitative estimate of drug-likeness (QED) is 0.744. The highest BCUT2D eigenvalue weighted by Gasteiger charge is 2.13. The van der Waals surface area contributed by atoms with Crippen LogP contribution >= 0.6 is 45.8 Å². The molecule has 2 aromatic rings. The Kier molecular flexibility index (Phi) is 2.94. The van der Waals surface area contributed by atoms with Gasteiger partial charge in [0.2, 0.25) is 12.3 Å². The molecule has 0 amide bonds. The van der Waals surface area contributed by atoms with Gasteiger partial charge in [0.25, 0.3) is 0 Å². The summed E-state index contributed by atoms with van der Waals surface area (Å²) in [6.07, 6.45) is 1.24. The van der Waals surface area contributed by atoms with Crippen LogP contribution in [-0.2, 0) is 0 Å². The zero-order valence-corrected chi connectivity index (χ0v) is 10.3. The van der Waals surface area contributed by atoms with E-state index in [0.29, 0.717) is 21.5 Å². The molecule has 1 aromatic heterocycles. The second-order valence-corrected chi connectivity index (χ2v) is 4.55. The van der Waals surface area contributed by atoms with Gasteiger partial charge in [0.05, 0.1) is 15.6 Å². The van der Waals surface area contributed by atoms with E-state index < -0.39 is 0 Å². The van der Waals surface area contributed by atoms with E-state index in [1.54, 1.807) is 12.1 Å². The van der Waals surface area contributed by atoms with Crippen molar-refractivity contribution in [2.24, 2.45) is 0 Å². The zero-order chi connectivity index (χ0) is 10.1. The fraction of sp³-hybridized carbons (Fsp3) is 0. The Morgan fingerprint density at radius 1 is 1.21 bits per heavy atom. The summed E-state index contributed by atoms with van der Waals surface area (Å²) >= 11 is 14.1. The normalized spacial score (nSPS) is 10.5. The first kappa shape index (κ1) is 10.2. The maximum absolute atomic E-state index is 6.01. The van der Waals surface area contributed by atoms with Gasteiger partial charge in [0, 0.05) is 3.57 Å². The number of nitrogens with zero attached hydrogens (tertiary/aromatic N) is 2. The predicted octanol–water partition coefficient (Wildman–Crippen LogP) is 3.65. The number of rotatable bonds is 1. The highest BCUT2D eigenvalue weighted by Crippen LogP contribution is 2.34. The Morgan fingerprint density at radius 3 is 2.36 bits per heavy atom. The number of hydrogen-bond donors (Lipinski definition) is 0. The highest BCUT2D eigenvalue weighted by atomic mass is 127. The summed E-state index contributed by atoms with van der Waals surface area (Å²) in [5.74, 6) is 0.330. The van der Waals surface area contributed by atoms with Crippen LogP contribution in [0.1, 0.15) is 0 Å². The first-order chi connectivity index (χ1) is 6.68. The third-order valence-electron chi connectivity index (χ3n) is 1.58. The van der Waals surface area contributed by atoms with E-state index >= 15 is 0 Å². The maximum atomic E-state index is 6.01. The summed E-state index contributed by atoms with van der Waals surface area (Å²) in [4.78, 5) is 0. The lowest BCUT2D eigenvalue weighted by Gasteiger charge is -2.02. The minimum absolute atomic E-state index is 0.330. The third-order valence-corrected chi connectivity index (χ3v) is 2.80. The maximum Gasteiger partial charge on any atom is 0.250 e. The van der Waals surface area contributed by atoms with E-state index in [-0.39, 0.29) is 0 Å².